The van der Waals surface area contributed by atoms with E-state index in [1.807, 2.05) is 0 Å². The Morgan fingerprint density at radius 3 is 2.42 bits per heavy atom. The normalized spacial score (nSPS) is 41.3. The summed E-state index contributed by atoms with van der Waals surface area (Å²) in [5.41, 5.74) is 5.43. The van der Waals surface area contributed by atoms with Gasteiger partial charge in [0.2, 0.25) is 0 Å². The fourth-order valence-corrected chi connectivity index (χ4v) is 1.45. The zero-order chi connectivity index (χ0) is 9.30. The van der Waals surface area contributed by atoms with Gasteiger partial charge in [-0.1, -0.05) is 0 Å². The maximum absolute atomic E-state index is 11.0. The van der Waals surface area contributed by atoms with Crippen molar-refractivity contribution in [2.75, 3.05) is 7.11 Å². The largest absolute Gasteiger partial charge is 0.469 e. The number of ether oxygens (including phenoxy) is 1. The number of aliphatic hydroxyl groups is 2. The van der Waals surface area contributed by atoms with Crippen molar-refractivity contribution in [3.63, 3.8) is 0 Å². The van der Waals surface area contributed by atoms with Crippen LogP contribution in [0.3, 0.4) is 0 Å². The van der Waals surface area contributed by atoms with Crippen molar-refractivity contribution in [2.45, 2.75) is 24.7 Å². The topological polar surface area (TPSA) is 92.8 Å². The standard InChI is InChI=1S/C7H13NO4/c1-12-7(11)3-2-4(8)6(10)5(3)9/h3-6,9-10H,2,8H2,1H3/t3-,4+,5-,6+/m1/s1. The lowest BCUT2D eigenvalue weighted by Crippen LogP contribution is -2.36. The number of aliphatic hydroxyl groups excluding tert-OH is 2. The minimum absolute atomic E-state index is 0.273. The molecule has 1 rings (SSSR count). The van der Waals surface area contributed by atoms with Crippen molar-refractivity contribution < 1.29 is 19.7 Å². The van der Waals surface area contributed by atoms with Crippen LogP contribution in [0.25, 0.3) is 0 Å². The molecule has 5 heteroatoms. The van der Waals surface area contributed by atoms with Crippen LogP contribution in [0.5, 0.6) is 0 Å². The molecule has 0 aromatic heterocycles. The number of esters is 1. The van der Waals surface area contributed by atoms with Gasteiger partial charge in [0.25, 0.3) is 0 Å². The number of rotatable bonds is 1. The lowest BCUT2D eigenvalue weighted by Gasteiger charge is -2.13. The predicted octanol–water partition coefficient (Wildman–Crippen LogP) is -1.77. The molecule has 12 heavy (non-hydrogen) atoms. The van der Waals surface area contributed by atoms with Gasteiger partial charge >= 0.3 is 5.97 Å². The van der Waals surface area contributed by atoms with Crippen molar-refractivity contribution in [1.29, 1.82) is 0 Å². The average molecular weight is 175 g/mol. The van der Waals surface area contributed by atoms with Gasteiger partial charge in [0.1, 0.15) is 0 Å². The molecule has 70 valence electrons. The van der Waals surface area contributed by atoms with Gasteiger partial charge in [-0.15, -0.1) is 0 Å². The third-order valence-corrected chi connectivity index (χ3v) is 2.23. The van der Waals surface area contributed by atoms with Gasteiger partial charge in [0.15, 0.2) is 0 Å². The smallest absolute Gasteiger partial charge is 0.311 e. The zero-order valence-electron chi connectivity index (χ0n) is 6.80. The molecular formula is C7H13NO4. The van der Waals surface area contributed by atoms with Gasteiger partial charge in [-0.25, -0.2) is 0 Å². The van der Waals surface area contributed by atoms with Crippen LogP contribution in [0.4, 0.5) is 0 Å². The van der Waals surface area contributed by atoms with Crippen LogP contribution in [-0.2, 0) is 9.53 Å². The summed E-state index contributed by atoms with van der Waals surface area (Å²) in [6.07, 6.45) is -1.84. The first kappa shape index (κ1) is 9.44. The minimum atomic E-state index is -1.09. The monoisotopic (exact) mass is 175 g/mol. The molecule has 0 aliphatic heterocycles. The summed E-state index contributed by atoms with van der Waals surface area (Å²) in [6, 6.07) is -0.538. The zero-order valence-corrected chi connectivity index (χ0v) is 6.80. The number of hydrogen-bond acceptors (Lipinski definition) is 5. The third-order valence-electron chi connectivity index (χ3n) is 2.23. The van der Waals surface area contributed by atoms with Crippen LogP contribution in [0.2, 0.25) is 0 Å². The molecule has 0 heterocycles. The predicted molar refractivity (Wildman–Crippen MR) is 40.1 cm³/mol. The summed E-state index contributed by atoms with van der Waals surface area (Å²) in [7, 11) is 1.24. The lowest BCUT2D eigenvalue weighted by molar-refractivity contribution is -0.149. The fourth-order valence-electron chi connectivity index (χ4n) is 1.45. The summed E-state index contributed by atoms with van der Waals surface area (Å²) in [5, 5.41) is 18.5. The number of nitrogens with two attached hydrogens (primary N) is 1. The van der Waals surface area contributed by atoms with E-state index in [2.05, 4.69) is 4.74 Å². The summed E-state index contributed by atoms with van der Waals surface area (Å²) >= 11 is 0. The highest BCUT2D eigenvalue weighted by Crippen LogP contribution is 2.26. The van der Waals surface area contributed by atoms with E-state index in [1.165, 1.54) is 7.11 Å². The highest BCUT2D eigenvalue weighted by Gasteiger charge is 2.43. The van der Waals surface area contributed by atoms with E-state index >= 15 is 0 Å². The minimum Gasteiger partial charge on any atom is -0.469 e. The Kier molecular flexibility index (Phi) is 2.66. The molecule has 4 atom stereocenters. The molecule has 4 N–H and O–H groups in total. The SMILES string of the molecule is COC(=O)[C@@H]1C[C@H](N)[C@H](O)[C@@H]1O. The van der Waals surface area contributed by atoms with E-state index < -0.39 is 30.1 Å². The molecule has 0 bridgehead atoms. The van der Waals surface area contributed by atoms with E-state index in [1.54, 1.807) is 0 Å². The first-order valence-electron chi connectivity index (χ1n) is 3.77. The van der Waals surface area contributed by atoms with Crippen LogP contribution in [0, 0.1) is 5.92 Å². The molecule has 0 unspecified atom stereocenters. The van der Waals surface area contributed by atoms with Crippen LogP contribution >= 0.6 is 0 Å². The van der Waals surface area contributed by atoms with Crippen molar-refractivity contribution in [1.82, 2.24) is 0 Å². The van der Waals surface area contributed by atoms with E-state index in [0.29, 0.717) is 0 Å². The Hall–Kier alpha value is -0.650. The second kappa shape index (κ2) is 3.38. The molecule has 0 aromatic carbocycles. The highest BCUT2D eigenvalue weighted by atomic mass is 16.5. The third kappa shape index (κ3) is 1.43. The second-order valence-corrected chi connectivity index (χ2v) is 3.01. The number of carbonyl (C=O) groups is 1. The summed E-state index contributed by atoms with van der Waals surface area (Å²) in [5.74, 6) is -1.20. The molecule has 1 saturated carbocycles. The number of hydrogen-bond donors (Lipinski definition) is 3. The molecule has 0 radical (unpaired) electrons. The van der Waals surface area contributed by atoms with Gasteiger partial charge in [0, 0.05) is 6.04 Å². The summed E-state index contributed by atoms with van der Waals surface area (Å²) in [6.45, 7) is 0. The second-order valence-electron chi connectivity index (χ2n) is 3.01. The molecule has 5 nitrogen and oxygen atoms in total. The van der Waals surface area contributed by atoms with Gasteiger partial charge < -0.3 is 20.7 Å². The molecule has 1 aliphatic rings. The van der Waals surface area contributed by atoms with E-state index in [4.69, 9.17) is 5.73 Å². The van der Waals surface area contributed by atoms with Crippen molar-refractivity contribution in [3.8, 4) is 0 Å². The Labute approximate surface area is 70.1 Å². The summed E-state index contributed by atoms with van der Waals surface area (Å²) in [4.78, 5) is 11.0. The molecule has 1 aliphatic carbocycles. The highest BCUT2D eigenvalue weighted by molar-refractivity contribution is 5.73. The van der Waals surface area contributed by atoms with Crippen molar-refractivity contribution in [3.05, 3.63) is 0 Å². The lowest BCUT2D eigenvalue weighted by atomic mass is 10.1. The van der Waals surface area contributed by atoms with Gasteiger partial charge in [-0.05, 0) is 6.42 Å². The molecule has 0 saturated heterocycles. The maximum Gasteiger partial charge on any atom is 0.311 e. The molecule has 0 amide bonds. The Bertz CT molecular complexity index is 184. The van der Waals surface area contributed by atoms with Crippen molar-refractivity contribution >= 4 is 5.97 Å². The van der Waals surface area contributed by atoms with Gasteiger partial charge in [-0.3, -0.25) is 4.79 Å². The van der Waals surface area contributed by atoms with Gasteiger partial charge in [0.05, 0.1) is 25.2 Å². The van der Waals surface area contributed by atoms with E-state index in [-0.39, 0.29) is 6.42 Å². The molecule has 0 spiro atoms. The number of methoxy groups -OCH3 is 1. The summed E-state index contributed by atoms with van der Waals surface area (Å²) < 4.78 is 4.44. The fraction of sp³-hybridized carbons (Fsp3) is 0.857. The van der Waals surface area contributed by atoms with Crippen molar-refractivity contribution in [2.24, 2.45) is 11.7 Å². The molecule has 1 fully saturated rings. The van der Waals surface area contributed by atoms with E-state index in [0.717, 1.165) is 0 Å². The van der Waals surface area contributed by atoms with E-state index in [9.17, 15) is 15.0 Å². The first-order chi connectivity index (χ1) is 5.57. The van der Waals surface area contributed by atoms with Crippen LogP contribution in [-0.4, -0.2) is 41.5 Å². The molecular weight excluding hydrogens is 162 g/mol. The maximum atomic E-state index is 11.0. The van der Waals surface area contributed by atoms with Crippen LogP contribution in [0.15, 0.2) is 0 Å². The number of carbonyl (C=O) groups excluding carboxylic acids is 1. The average Bonchev–Trinajstić information content (AvgIpc) is 2.32. The first-order valence-corrected chi connectivity index (χ1v) is 3.77. The van der Waals surface area contributed by atoms with Crippen LogP contribution in [0.1, 0.15) is 6.42 Å². The Balaban J connectivity index is 2.64. The van der Waals surface area contributed by atoms with Crippen LogP contribution < -0.4 is 5.73 Å². The Morgan fingerprint density at radius 2 is 2.08 bits per heavy atom. The Morgan fingerprint density at radius 1 is 1.50 bits per heavy atom. The molecule has 0 aromatic rings. The quantitative estimate of drug-likeness (QED) is 0.410. The van der Waals surface area contributed by atoms with Gasteiger partial charge in [-0.2, -0.15) is 0 Å².